The van der Waals surface area contributed by atoms with Crippen LogP contribution in [0.2, 0.25) is 0 Å². The van der Waals surface area contributed by atoms with Gasteiger partial charge in [0, 0.05) is 51.2 Å². The maximum atomic E-state index is 12.9. The van der Waals surface area contributed by atoms with Crippen LogP contribution >= 0.6 is 0 Å². The van der Waals surface area contributed by atoms with Gasteiger partial charge in [-0.05, 0) is 49.6 Å². The zero-order valence-corrected chi connectivity index (χ0v) is 16.8. The summed E-state index contributed by atoms with van der Waals surface area (Å²) in [6, 6.07) is 12.5. The Bertz CT molecular complexity index is 789. The van der Waals surface area contributed by atoms with Gasteiger partial charge in [-0.2, -0.15) is 0 Å². The molecule has 0 aliphatic carbocycles. The summed E-state index contributed by atoms with van der Waals surface area (Å²) in [5.41, 5.74) is 3.21. The van der Waals surface area contributed by atoms with Crippen LogP contribution in [-0.4, -0.2) is 55.1 Å². The molecule has 0 N–H and O–H groups in total. The number of pyridine rings is 1. The summed E-state index contributed by atoms with van der Waals surface area (Å²) in [4.78, 5) is 24.2. The first-order chi connectivity index (χ1) is 13.7. The number of benzene rings is 1. The van der Waals surface area contributed by atoms with Crippen molar-refractivity contribution in [2.75, 3.05) is 49.1 Å². The van der Waals surface area contributed by atoms with Gasteiger partial charge in [-0.1, -0.05) is 25.0 Å². The number of piperazine rings is 1. The zero-order valence-electron chi connectivity index (χ0n) is 16.8. The van der Waals surface area contributed by atoms with Crippen molar-refractivity contribution in [3.8, 4) is 0 Å². The van der Waals surface area contributed by atoms with E-state index >= 15 is 0 Å². The topological polar surface area (TPSA) is 39.7 Å². The molecule has 0 radical (unpaired) electrons. The minimum absolute atomic E-state index is 0.0961. The maximum absolute atomic E-state index is 12.9. The standard InChI is InChI=1S/C23H30N4O/c1-19-7-6-8-21(17-19)25-13-15-27(16-14-25)23(28)20-9-10-22(24-18-20)26-11-4-2-3-5-12-26/h6-10,17-18H,2-5,11-16H2,1H3. The van der Waals surface area contributed by atoms with Gasteiger partial charge < -0.3 is 14.7 Å². The van der Waals surface area contributed by atoms with E-state index in [0.717, 1.165) is 45.1 Å². The lowest BCUT2D eigenvalue weighted by molar-refractivity contribution is 0.0746. The molecule has 28 heavy (non-hydrogen) atoms. The lowest BCUT2D eigenvalue weighted by Crippen LogP contribution is -2.48. The Morgan fingerprint density at radius 3 is 2.25 bits per heavy atom. The van der Waals surface area contributed by atoms with Gasteiger partial charge in [0.15, 0.2) is 0 Å². The molecule has 5 nitrogen and oxygen atoms in total. The number of carbonyl (C=O) groups excluding carboxylic acids is 1. The van der Waals surface area contributed by atoms with E-state index in [1.54, 1.807) is 6.20 Å². The fourth-order valence-electron chi connectivity index (χ4n) is 4.17. The van der Waals surface area contributed by atoms with Crippen LogP contribution in [0.3, 0.4) is 0 Å². The third kappa shape index (κ3) is 4.29. The molecule has 3 heterocycles. The van der Waals surface area contributed by atoms with Crippen LogP contribution in [0.4, 0.5) is 11.5 Å². The molecule has 4 rings (SSSR count). The van der Waals surface area contributed by atoms with Gasteiger partial charge >= 0.3 is 0 Å². The van der Waals surface area contributed by atoms with E-state index in [0.29, 0.717) is 5.56 Å². The second-order valence-corrected chi connectivity index (χ2v) is 7.92. The fraction of sp³-hybridized carbons (Fsp3) is 0.478. The minimum atomic E-state index is 0.0961. The summed E-state index contributed by atoms with van der Waals surface area (Å²) in [5, 5.41) is 0. The first-order valence-corrected chi connectivity index (χ1v) is 10.5. The van der Waals surface area contributed by atoms with Crippen LogP contribution in [0.15, 0.2) is 42.6 Å². The quantitative estimate of drug-likeness (QED) is 0.816. The fourth-order valence-corrected chi connectivity index (χ4v) is 4.17. The van der Waals surface area contributed by atoms with Crippen LogP contribution in [0.5, 0.6) is 0 Å². The molecule has 0 spiro atoms. The van der Waals surface area contributed by atoms with Crippen molar-refractivity contribution in [3.05, 3.63) is 53.7 Å². The molecule has 0 saturated carbocycles. The Balaban J connectivity index is 1.36. The van der Waals surface area contributed by atoms with Crippen molar-refractivity contribution < 1.29 is 4.79 Å². The number of rotatable bonds is 3. The SMILES string of the molecule is Cc1cccc(N2CCN(C(=O)c3ccc(N4CCCCCC4)nc3)CC2)c1. The van der Waals surface area contributed by atoms with E-state index < -0.39 is 0 Å². The van der Waals surface area contributed by atoms with Gasteiger partial charge in [-0.15, -0.1) is 0 Å². The molecule has 2 fully saturated rings. The predicted molar refractivity (Wildman–Crippen MR) is 114 cm³/mol. The number of hydrogen-bond donors (Lipinski definition) is 0. The first-order valence-electron chi connectivity index (χ1n) is 10.5. The summed E-state index contributed by atoms with van der Waals surface area (Å²) in [7, 11) is 0. The molecule has 1 aromatic heterocycles. The van der Waals surface area contributed by atoms with Crippen molar-refractivity contribution in [1.82, 2.24) is 9.88 Å². The highest BCUT2D eigenvalue weighted by Gasteiger charge is 2.23. The Kier molecular flexibility index (Phi) is 5.79. The average molecular weight is 379 g/mol. The molecule has 0 bridgehead atoms. The molecular weight excluding hydrogens is 348 g/mol. The summed E-state index contributed by atoms with van der Waals surface area (Å²) in [5.74, 6) is 1.10. The predicted octanol–water partition coefficient (Wildman–Crippen LogP) is 3.73. The Morgan fingerprint density at radius 2 is 1.61 bits per heavy atom. The van der Waals surface area contributed by atoms with Crippen molar-refractivity contribution in [2.45, 2.75) is 32.6 Å². The van der Waals surface area contributed by atoms with Crippen LogP contribution in [-0.2, 0) is 0 Å². The van der Waals surface area contributed by atoms with E-state index in [-0.39, 0.29) is 5.91 Å². The number of aromatic nitrogens is 1. The summed E-state index contributed by atoms with van der Waals surface area (Å²) >= 11 is 0. The average Bonchev–Trinajstić information content (AvgIpc) is 3.03. The van der Waals surface area contributed by atoms with E-state index in [2.05, 4.69) is 46.0 Å². The Hall–Kier alpha value is -2.56. The molecule has 0 unspecified atom stereocenters. The van der Waals surface area contributed by atoms with Crippen LogP contribution in [0, 0.1) is 6.92 Å². The molecule has 2 aliphatic rings. The Labute approximate surface area is 168 Å². The van der Waals surface area contributed by atoms with Crippen molar-refractivity contribution in [2.24, 2.45) is 0 Å². The number of aryl methyl sites for hydroxylation is 1. The van der Waals surface area contributed by atoms with E-state index in [1.165, 1.54) is 36.9 Å². The highest BCUT2D eigenvalue weighted by molar-refractivity contribution is 5.94. The van der Waals surface area contributed by atoms with E-state index in [4.69, 9.17) is 0 Å². The van der Waals surface area contributed by atoms with Gasteiger partial charge in [0.2, 0.25) is 0 Å². The summed E-state index contributed by atoms with van der Waals surface area (Å²) < 4.78 is 0. The smallest absolute Gasteiger partial charge is 0.255 e. The molecule has 0 atom stereocenters. The highest BCUT2D eigenvalue weighted by Crippen LogP contribution is 2.20. The van der Waals surface area contributed by atoms with Gasteiger partial charge in [-0.3, -0.25) is 4.79 Å². The van der Waals surface area contributed by atoms with Crippen molar-refractivity contribution >= 4 is 17.4 Å². The van der Waals surface area contributed by atoms with Crippen LogP contribution < -0.4 is 9.80 Å². The Morgan fingerprint density at radius 1 is 0.857 bits per heavy atom. The molecular formula is C23H30N4O. The summed E-state index contributed by atoms with van der Waals surface area (Å²) in [6.45, 7) is 7.50. The van der Waals surface area contributed by atoms with Gasteiger partial charge in [0.25, 0.3) is 5.91 Å². The molecule has 2 saturated heterocycles. The normalized spacial score (nSPS) is 18.1. The molecule has 2 aromatic rings. The molecule has 2 aliphatic heterocycles. The second-order valence-electron chi connectivity index (χ2n) is 7.92. The van der Waals surface area contributed by atoms with E-state index in [1.807, 2.05) is 17.0 Å². The first kappa shape index (κ1) is 18.8. The molecule has 148 valence electrons. The number of anilines is 2. The molecule has 5 heteroatoms. The number of nitrogens with zero attached hydrogens (tertiary/aromatic N) is 4. The van der Waals surface area contributed by atoms with E-state index in [9.17, 15) is 4.79 Å². The largest absolute Gasteiger partial charge is 0.368 e. The third-order valence-electron chi connectivity index (χ3n) is 5.86. The lowest BCUT2D eigenvalue weighted by atomic mass is 10.1. The third-order valence-corrected chi connectivity index (χ3v) is 5.86. The lowest BCUT2D eigenvalue weighted by Gasteiger charge is -2.36. The maximum Gasteiger partial charge on any atom is 0.255 e. The molecule has 1 amide bonds. The van der Waals surface area contributed by atoms with Gasteiger partial charge in [-0.25, -0.2) is 4.98 Å². The summed E-state index contributed by atoms with van der Waals surface area (Å²) in [6.07, 6.45) is 6.83. The number of amides is 1. The molecule has 1 aromatic carbocycles. The van der Waals surface area contributed by atoms with Gasteiger partial charge in [0.1, 0.15) is 5.82 Å². The van der Waals surface area contributed by atoms with Crippen LogP contribution in [0.1, 0.15) is 41.6 Å². The van der Waals surface area contributed by atoms with Crippen molar-refractivity contribution in [1.29, 1.82) is 0 Å². The second kappa shape index (κ2) is 8.63. The monoisotopic (exact) mass is 378 g/mol. The van der Waals surface area contributed by atoms with Crippen LogP contribution in [0.25, 0.3) is 0 Å². The number of hydrogen-bond acceptors (Lipinski definition) is 4. The zero-order chi connectivity index (χ0) is 19.3. The van der Waals surface area contributed by atoms with Crippen molar-refractivity contribution in [3.63, 3.8) is 0 Å². The number of carbonyl (C=O) groups is 1. The van der Waals surface area contributed by atoms with Gasteiger partial charge in [0.05, 0.1) is 5.56 Å². The highest BCUT2D eigenvalue weighted by atomic mass is 16.2. The minimum Gasteiger partial charge on any atom is -0.368 e.